The first kappa shape index (κ1) is 8.53. The normalized spacial score (nSPS) is 10.9. The predicted molar refractivity (Wildman–Crippen MR) is 49.4 cm³/mol. The molecule has 1 heterocycles. The molecule has 0 fully saturated rings. The van der Waals surface area contributed by atoms with Crippen molar-refractivity contribution < 1.29 is 0 Å². The molecular formula is C8H14N2S. The van der Waals surface area contributed by atoms with E-state index in [1.807, 2.05) is 6.20 Å². The maximum absolute atomic E-state index is 5.12. The molecule has 1 aromatic rings. The molecule has 0 aliphatic heterocycles. The maximum atomic E-state index is 5.12. The molecule has 0 saturated carbocycles. The molecule has 0 bridgehead atoms. The average molecular weight is 170 g/mol. The first-order chi connectivity index (χ1) is 5.16. The minimum absolute atomic E-state index is 0.462. The highest BCUT2D eigenvalue weighted by molar-refractivity contribution is 7.71. The first-order valence-corrected chi connectivity index (χ1v) is 4.36. The topological polar surface area (TPSA) is 20.7 Å². The summed E-state index contributed by atoms with van der Waals surface area (Å²) in [6, 6.07) is 0.462. The molecule has 2 nitrogen and oxygen atoms in total. The SMILES string of the molecule is CCc1c[nH]c(=S)n1C(C)C. The van der Waals surface area contributed by atoms with Gasteiger partial charge in [-0.15, -0.1) is 0 Å². The molecule has 0 radical (unpaired) electrons. The highest BCUT2D eigenvalue weighted by Gasteiger charge is 2.03. The van der Waals surface area contributed by atoms with Crippen LogP contribution in [-0.2, 0) is 6.42 Å². The number of nitrogens with one attached hydrogen (secondary N) is 1. The molecule has 1 rings (SSSR count). The van der Waals surface area contributed by atoms with Gasteiger partial charge in [-0.3, -0.25) is 0 Å². The lowest BCUT2D eigenvalue weighted by Gasteiger charge is -2.09. The number of aryl methyl sites for hydroxylation is 1. The fraction of sp³-hybridized carbons (Fsp3) is 0.625. The van der Waals surface area contributed by atoms with E-state index in [9.17, 15) is 0 Å². The Morgan fingerprint density at radius 2 is 2.27 bits per heavy atom. The molecule has 0 saturated heterocycles. The average Bonchev–Trinajstić information content (AvgIpc) is 2.30. The van der Waals surface area contributed by atoms with Crippen molar-refractivity contribution in [3.05, 3.63) is 16.7 Å². The third-order valence-electron chi connectivity index (χ3n) is 1.77. The smallest absolute Gasteiger partial charge is 0.177 e. The van der Waals surface area contributed by atoms with Gasteiger partial charge in [-0.2, -0.15) is 0 Å². The van der Waals surface area contributed by atoms with Crippen LogP contribution in [0.25, 0.3) is 0 Å². The van der Waals surface area contributed by atoms with E-state index in [2.05, 4.69) is 30.3 Å². The number of hydrogen-bond donors (Lipinski definition) is 1. The van der Waals surface area contributed by atoms with Crippen LogP contribution in [0, 0.1) is 4.77 Å². The Morgan fingerprint density at radius 3 is 2.64 bits per heavy atom. The number of aromatic amines is 1. The predicted octanol–water partition coefficient (Wildman–Crippen LogP) is 2.69. The maximum Gasteiger partial charge on any atom is 0.177 e. The quantitative estimate of drug-likeness (QED) is 0.677. The van der Waals surface area contributed by atoms with Crippen LogP contribution < -0.4 is 0 Å². The molecule has 3 heteroatoms. The number of H-pyrrole nitrogens is 1. The van der Waals surface area contributed by atoms with Gasteiger partial charge in [0.2, 0.25) is 0 Å². The van der Waals surface area contributed by atoms with Crippen LogP contribution >= 0.6 is 12.2 Å². The van der Waals surface area contributed by atoms with Crippen molar-refractivity contribution in [3.63, 3.8) is 0 Å². The third-order valence-corrected chi connectivity index (χ3v) is 2.08. The van der Waals surface area contributed by atoms with Gasteiger partial charge in [-0.05, 0) is 32.5 Å². The zero-order chi connectivity index (χ0) is 8.43. The number of rotatable bonds is 2. The van der Waals surface area contributed by atoms with Crippen molar-refractivity contribution in [1.82, 2.24) is 9.55 Å². The molecule has 1 aromatic heterocycles. The van der Waals surface area contributed by atoms with Crippen molar-refractivity contribution in [3.8, 4) is 0 Å². The summed E-state index contributed by atoms with van der Waals surface area (Å²) >= 11 is 5.12. The Hall–Kier alpha value is -0.570. The van der Waals surface area contributed by atoms with Crippen LogP contribution in [0.5, 0.6) is 0 Å². The molecule has 1 N–H and O–H groups in total. The lowest BCUT2D eigenvalue weighted by Crippen LogP contribution is -2.04. The van der Waals surface area contributed by atoms with Crippen LogP contribution in [-0.4, -0.2) is 9.55 Å². The van der Waals surface area contributed by atoms with Crippen molar-refractivity contribution in [1.29, 1.82) is 0 Å². The zero-order valence-corrected chi connectivity index (χ0v) is 8.03. The monoisotopic (exact) mass is 170 g/mol. The summed E-state index contributed by atoms with van der Waals surface area (Å²) in [6.45, 7) is 6.42. The molecule has 0 aromatic carbocycles. The Morgan fingerprint density at radius 1 is 1.64 bits per heavy atom. The summed E-state index contributed by atoms with van der Waals surface area (Å²) in [5, 5.41) is 0. The summed E-state index contributed by atoms with van der Waals surface area (Å²) in [5.41, 5.74) is 1.28. The standard InChI is InChI=1S/C8H14N2S/c1-4-7-5-9-8(11)10(7)6(2)3/h5-6H,4H2,1-3H3,(H,9,11). The van der Waals surface area contributed by atoms with Crippen molar-refractivity contribution in [2.24, 2.45) is 0 Å². The van der Waals surface area contributed by atoms with E-state index < -0.39 is 0 Å². The summed E-state index contributed by atoms with van der Waals surface area (Å²) in [5.74, 6) is 0. The van der Waals surface area contributed by atoms with Crippen molar-refractivity contribution >= 4 is 12.2 Å². The molecule has 0 aliphatic rings. The second-order valence-electron chi connectivity index (χ2n) is 2.90. The Balaban J connectivity index is 3.18. The molecule has 0 unspecified atom stereocenters. The van der Waals surface area contributed by atoms with Crippen LogP contribution in [0.1, 0.15) is 32.5 Å². The summed E-state index contributed by atoms with van der Waals surface area (Å²) in [6.07, 6.45) is 3.02. The van der Waals surface area contributed by atoms with Crippen LogP contribution in [0.4, 0.5) is 0 Å². The Labute approximate surface area is 72.3 Å². The summed E-state index contributed by atoms with van der Waals surface area (Å²) < 4.78 is 2.98. The second kappa shape index (κ2) is 3.22. The number of aromatic nitrogens is 2. The van der Waals surface area contributed by atoms with Crippen molar-refractivity contribution in [2.75, 3.05) is 0 Å². The summed E-state index contributed by atoms with van der Waals surface area (Å²) in [7, 11) is 0. The van der Waals surface area contributed by atoms with E-state index in [-0.39, 0.29) is 0 Å². The van der Waals surface area contributed by atoms with Gasteiger partial charge in [0.1, 0.15) is 0 Å². The number of imidazole rings is 1. The molecule has 0 spiro atoms. The molecule has 62 valence electrons. The van der Waals surface area contributed by atoms with Crippen LogP contribution in [0.3, 0.4) is 0 Å². The lowest BCUT2D eigenvalue weighted by molar-refractivity contribution is 0.569. The van der Waals surface area contributed by atoms with Gasteiger partial charge in [0.15, 0.2) is 4.77 Å². The fourth-order valence-electron chi connectivity index (χ4n) is 1.25. The van der Waals surface area contributed by atoms with Crippen LogP contribution in [0.2, 0.25) is 0 Å². The van der Waals surface area contributed by atoms with E-state index in [0.29, 0.717) is 6.04 Å². The van der Waals surface area contributed by atoms with Gasteiger partial charge < -0.3 is 9.55 Å². The van der Waals surface area contributed by atoms with Gasteiger partial charge in [-0.25, -0.2) is 0 Å². The number of hydrogen-bond acceptors (Lipinski definition) is 1. The minimum atomic E-state index is 0.462. The highest BCUT2D eigenvalue weighted by atomic mass is 32.1. The van der Waals surface area contributed by atoms with E-state index in [1.165, 1.54) is 5.69 Å². The highest BCUT2D eigenvalue weighted by Crippen LogP contribution is 2.10. The van der Waals surface area contributed by atoms with Crippen molar-refractivity contribution in [2.45, 2.75) is 33.2 Å². The van der Waals surface area contributed by atoms with E-state index in [4.69, 9.17) is 12.2 Å². The number of nitrogens with zero attached hydrogens (tertiary/aromatic N) is 1. The Kier molecular flexibility index (Phi) is 2.49. The van der Waals surface area contributed by atoms with Gasteiger partial charge in [0.25, 0.3) is 0 Å². The molecular weight excluding hydrogens is 156 g/mol. The minimum Gasteiger partial charge on any atom is -0.337 e. The fourth-order valence-corrected chi connectivity index (χ4v) is 1.64. The molecule has 0 amide bonds. The third kappa shape index (κ3) is 1.53. The molecule has 11 heavy (non-hydrogen) atoms. The van der Waals surface area contributed by atoms with E-state index in [0.717, 1.165) is 11.2 Å². The molecule has 0 aliphatic carbocycles. The van der Waals surface area contributed by atoms with E-state index >= 15 is 0 Å². The van der Waals surface area contributed by atoms with Gasteiger partial charge >= 0.3 is 0 Å². The molecule has 0 atom stereocenters. The van der Waals surface area contributed by atoms with Crippen LogP contribution in [0.15, 0.2) is 6.20 Å². The van der Waals surface area contributed by atoms with E-state index in [1.54, 1.807) is 0 Å². The largest absolute Gasteiger partial charge is 0.337 e. The Bertz CT molecular complexity index is 283. The summed E-state index contributed by atoms with van der Waals surface area (Å²) in [4.78, 5) is 3.05. The van der Waals surface area contributed by atoms with Gasteiger partial charge in [-0.1, -0.05) is 6.92 Å². The zero-order valence-electron chi connectivity index (χ0n) is 7.22. The lowest BCUT2D eigenvalue weighted by atomic mass is 10.3. The van der Waals surface area contributed by atoms with Gasteiger partial charge in [0, 0.05) is 17.9 Å². The van der Waals surface area contributed by atoms with Gasteiger partial charge in [0.05, 0.1) is 0 Å². The first-order valence-electron chi connectivity index (χ1n) is 3.95. The second-order valence-corrected chi connectivity index (χ2v) is 3.29.